The highest BCUT2D eigenvalue weighted by Crippen LogP contribution is 2.19. The average molecular weight is 551 g/mol. The van der Waals surface area contributed by atoms with Crippen LogP contribution in [-0.2, 0) is 14.3 Å². The minimum atomic E-state index is 0.0255. The molecule has 0 spiro atoms. The summed E-state index contributed by atoms with van der Waals surface area (Å²) < 4.78 is 10.7. The van der Waals surface area contributed by atoms with Crippen molar-refractivity contribution in [1.29, 1.82) is 0 Å². The lowest BCUT2D eigenvalue weighted by Crippen LogP contribution is -2.05. The van der Waals surface area contributed by atoms with Gasteiger partial charge in [-0.1, -0.05) is 180 Å². The third-order valence-electron chi connectivity index (χ3n) is 8.57. The van der Waals surface area contributed by atoms with E-state index in [1.54, 1.807) is 0 Å². The van der Waals surface area contributed by atoms with Crippen LogP contribution in [0.3, 0.4) is 0 Å². The Bertz CT molecular complexity index is 488. The predicted octanol–water partition coefficient (Wildman–Crippen LogP) is 12.0. The van der Waals surface area contributed by atoms with Crippen LogP contribution in [0, 0.1) is 0 Å². The van der Waals surface area contributed by atoms with Crippen molar-refractivity contribution in [2.75, 3.05) is 13.2 Å². The topological polar surface area (TPSA) is 38.8 Å². The van der Waals surface area contributed by atoms with Crippen LogP contribution in [0.4, 0.5) is 0 Å². The number of hydrogen-bond donors (Lipinski definition) is 0. The van der Waals surface area contributed by atoms with Crippen LogP contribution in [-0.4, -0.2) is 25.3 Å². The average Bonchev–Trinajstić information content (AvgIpc) is 3.77. The quantitative estimate of drug-likeness (QED) is 0.0463. The van der Waals surface area contributed by atoms with Gasteiger partial charge in [-0.3, -0.25) is 4.79 Å². The number of hydrogen-bond acceptors (Lipinski definition) is 3. The van der Waals surface area contributed by atoms with E-state index in [1.807, 2.05) is 0 Å². The first kappa shape index (κ1) is 36.5. The first-order valence-electron chi connectivity index (χ1n) is 18.1. The Balaban J connectivity index is 1.64. The van der Waals surface area contributed by atoms with E-state index in [9.17, 15) is 4.79 Å². The summed E-state index contributed by atoms with van der Waals surface area (Å²) in [5.74, 6) is 0.0255. The summed E-state index contributed by atoms with van der Waals surface area (Å²) in [6, 6.07) is 0. The Hall–Kier alpha value is -0.570. The summed E-state index contributed by atoms with van der Waals surface area (Å²) in [6.07, 6.45) is 41.9. The van der Waals surface area contributed by atoms with Gasteiger partial charge in [0.1, 0.15) is 0 Å². The zero-order chi connectivity index (χ0) is 27.9. The van der Waals surface area contributed by atoms with Gasteiger partial charge in [-0.2, -0.15) is 0 Å². The molecule has 0 radical (unpaired) electrons. The fourth-order valence-corrected chi connectivity index (χ4v) is 5.73. The van der Waals surface area contributed by atoms with Crippen molar-refractivity contribution in [3.8, 4) is 0 Å². The molecule has 232 valence electrons. The monoisotopic (exact) mass is 551 g/mol. The minimum absolute atomic E-state index is 0.0255. The van der Waals surface area contributed by atoms with Gasteiger partial charge in [-0.25, -0.2) is 0 Å². The van der Waals surface area contributed by atoms with Crippen molar-refractivity contribution in [3.05, 3.63) is 0 Å². The largest absolute Gasteiger partial charge is 0.466 e. The van der Waals surface area contributed by atoms with Crippen LogP contribution in [0.15, 0.2) is 0 Å². The van der Waals surface area contributed by atoms with Gasteiger partial charge in [-0.05, 0) is 19.3 Å². The van der Waals surface area contributed by atoms with Crippen LogP contribution >= 0.6 is 0 Å². The Kier molecular flexibility index (Phi) is 28.4. The number of carbonyl (C=O) groups is 1. The lowest BCUT2D eigenvalue weighted by molar-refractivity contribution is -0.143. The molecule has 1 atom stereocenters. The van der Waals surface area contributed by atoms with Crippen molar-refractivity contribution in [2.45, 2.75) is 212 Å². The first-order chi connectivity index (χ1) is 19.3. The number of esters is 1. The fraction of sp³-hybridized carbons (Fsp3) is 0.972. The van der Waals surface area contributed by atoms with Crippen molar-refractivity contribution in [1.82, 2.24) is 0 Å². The zero-order valence-corrected chi connectivity index (χ0v) is 26.6. The minimum Gasteiger partial charge on any atom is -0.466 e. The molecule has 0 saturated carbocycles. The van der Waals surface area contributed by atoms with Crippen molar-refractivity contribution >= 4 is 5.97 Å². The van der Waals surface area contributed by atoms with Gasteiger partial charge in [0.2, 0.25) is 0 Å². The van der Waals surface area contributed by atoms with E-state index in [4.69, 9.17) is 9.47 Å². The number of ether oxygens (including phenoxy) is 2. The Morgan fingerprint density at radius 3 is 1.23 bits per heavy atom. The molecular formula is C36H70O3. The number of epoxide rings is 1. The van der Waals surface area contributed by atoms with Crippen molar-refractivity contribution < 1.29 is 14.3 Å². The molecule has 1 aliphatic heterocycles. The van der Waals surface area contributed by atoms with Crippen LogP contribution in [0.1, 0.15) is 206 Å². The molecule has 0 aromatic rings. The third kappa shape index (κ3) is 30.2. The number of unbranched alkanes of at least 4 members (excludes halogenated alkanes) is 27. The number of rotatable bonds is 33. The van der Waals surface area contributed by atoms with Gasteiger partial charge in [0, 0.05) is 6.42 Å². The van der Waals surface area contributed by atoms with Crippen LogP contribution in [0.5, 0.6) is 0 Å². The molecule has 39 heavy (non-hydrogen) atoms. The summed E-state index contributed by atoms with van der Waals surface area (Å²) in [7, 11) is 0. The molecule has 1 saturated heterocycles. The maximum Gasteiger partial charge on any atom is 0.305 e. The van der Waals surface area contributed by atoms with E-state index >= 15 is 0 Å². The van der Waals surface area contributed by atoms with E-state index in [0.717, 1.165) is 19.4 Å². The maximum absolute atomic E-state index is 11.9. The number of carbonyl (C=O) groups excluding carboxylic acids is 1. The van der Waals surface area contributed by atoms with E-state index in [1.165, 1.54) is 180 Å². The lowest BCUT2D eigenvalue weighted by Gasteiger charge is -2.06. The molecular weight excluding hydrogens is 480 g/mol. The van der Waals surface area contributed by atoms with E-state index in [0.29, 0.717) is 19.1 Å². The van der Waals surface area contributed by atoms with Crippen LogP contribution in [0.25, 0.3) is 0 Å². The molecule has 1 aliphatic rings. The summed E-state index contributed by atoms with van der Waals surface area (Å²) in [5.41, 5.74) is 0. The molecule has 0 N–H and O–H groups in total. The molecule has 0 amide bonds. The first-order valence-corrected chi connectivity index (χ1v) is 18.1. The summed E-state index contributed by atoms with van der Waals surface area (Å²) >= 11 is 0. The zero-order valence-electron chi connectivity index (χ0n) is 26.6. The molecule has 1 heterocycles. The van der Waals surface area contributed by atoms with Gasteiger partial charge in [0.15, 0.2) is 0 Å². The molecule has 0 bridgehead atoms. The second-order valence-electron chi connectivity index (χ2n) is 12.6. The SMILES string of the molecule is CCCCCCCCCCCCCCCCCC(=O)OCCCCCCCCCCCCCCCCC1CO1. The fourth-order valence-electron chi connectivity index (χ4n) is 5.73. The molecule has 0 aromatic heterocycles. The molecule has 0 aliphatic carbocycles. The summed E-state index contributed by atoms with van der Waals surface area (Å²) in [4.78, 5) is 11.9. The highest BCUT2D eigenvalue weighted by Gasteiger charge is 2.20. The third-order valence-corrected chi connectivity index (χ3v) is 8.57. The van der Waals surface area contributed by atoms with E-state index < -0.39 is 0 Å². The van der Waals surface area contributed by atoms with Gasteiger partial charge in [0.25, 0.3) is 0 Å². The molecule has 1 rings (SSSR count). The van der Waals surface area contributed by atoms with E-state index in [-0.39, 0.29) is 5.97 Å². The van der Waals surface area contributed by atoms with Crippen LogP contribution < -0.4 is 0 Å². The van der Waals surface area contributed by atoms with Crippen molar-refractivity contribution in [2.24, 2.45) is 0 Å². The van der Waals surface area contributed by atoms with Gasteiger partial charge in [-0.15, -0.1) is 0 Å². The highest BCUT2D eigenvalue weighted by molar-refractivity contribution is 5.69. The molecule has 0 aromatic carbocycles. The predicted molar refractivity (Wildman–Crippen MR) is 169 cm³/mol. The lowest BCUT2D eigenvalue weighted by atomic mass is 10.0. The maximum atomic E-state index is 11.9. The Morgan fingerprint density at radius 2 is 0.846 bits per heavy atom. The van der Waals surface area contributed by atoms with Crippen molar-refractivity contribution in [3.63, 3.8) is 0 Å². The molecule has 3 nitrogen and oxygen atoms in total. The normalized spacial score (nSPS) is 14.6. The van der Waals surface area contributed by atoms with Gasteiger partial charge in [0.05, 0.1) is 19.3 Å². The molecule has 1 fully saturated rings. The Morgan fingerprint density at radius 1 is 0.513 bits per heavy atom. The molecule has 1 unspecified atom stereocenters. The van der Waals surface area contributed by atoms with Gasteiger partial charge >= 0.3 is 5.97 Å². The van der Waals surface area contributed by atoms with E-state index in [2.05, 4.69) is 6.92 Å². The second kappa shape index (κ2) is 30.4. The second-order valence-corrected chi connectivity index (χ2v) is 12.6. The standard InChI is InChI=1S/C36H70O3/c1-2-3-4-5-6-7-8-9-10-14-17-20-23-26-29-32-36(37)38-33-30-27-24-21-18-15-12-11-13-16-19-22-25-28-31-35-34-39-35/h35H,2-34H2,1H3. The highest BCUT2D eigenvalue weighted by atomic mass is 16.6. The Labute approximate surface area is 245 Å². The smallest absolute Gasteiger partial charge is 0.305 e. The summed E-state index contributed by atoms with van der Waals surface area (Å²) in [6.45, 7) is 3.94. The van der Waals surface area contributed by atoms with Crippen LogP contribution in [0.2, 0.25) is 0 Å². The summed E-state index contributed by atoms with van der Waals surface area (Å²) in [5, 5.41) is 0. The van der Waals surface area contributed by atoms with Gasteiger partial charge < -0.3 is 9.47 Å². The molecule has 3 heteroatoms.